The van der Waals surface area contributed by atoms with Gasteiger partial charge >= 0.3 is 0 Å². The lowest BCUT2D eigenvalue weighted by Gasteiger charge is -2.25. The van der Waals surface area contributed by atoms with Gasteiger partial charge in [0.25, 0.3) is 0 Å². The molecule has 1 aromatic rings. The molecule has 3 rings (SSSR count). The van der Waals surface area contributed by atoms with Crippen molar-refractivity contribution in [3.63, 3.8) is 0 Å². The second kappa shape index (κ2) is 2.99. The van der Waals surface area contributed by atoms with E-state index in [1.54, 1.807) is 0 Å². The molecule has 1 aromatic carbocycles. The zero-order chi connectivity index (χ0) is 9.54. The van der Waals surface area contributed by atoms with Crippen LogP contribution in [-0.4, -0.2) is 13.2 Å². The summed E-state index contributed by atoms with van der Waals surface area (Å²) in [6.07, 6.45) is 2.20. The van der Waals surface area contributed by atoms with Crippen LogP contribution in [0.5, 0.6) is 5.75 Å². The van der Waals surface area contributed by atoms with Crippen molar-refractivity contribution in [3.8, 4) is 5.75 Å². The third-order valence-corrected chi connectivity index (χ3v) is 3.29. The first kappa shape index (κ1) is 8.30. The van der Waals surface area contributed by atoms with Crippen molar-refractivity contribution >= 4 is 0 Å². The zero-order valence-corrected chi connectivity index (χ0v) is 8.47. The molecule has 0 radical (unpaired) electrons. The minimum Gasteiger partial charge on any atom is -0.493 e. The molecular formula is C12H15NO. The SMILES string of the molecule is CC1NCCc2c1ccc1c2OCC1. The third-order valence-electron chi connectivity index (χ3n) is 3.29. The van der Waals surface area contributed by atoms with Crippen LogP contribution < -0.4 is 10.1 Å². The highest BCUT2D eigenvalue weighted by molar-refractivity contribution is 5.50. The zero-order valence-electron chi connectivity index (χ0n) is 8.47. The number of fused-ring (bicyclic) bond motifs is 3. The third kappa shape index (κ3) is 1.07. The van der Waals surface area contributed by atoms with Gasteiger partial charge in [-0.2, -0.15) is 0 Å². The summed E-state index contributed by atoms with van der Waals surface area (Å²) in [6, 6.07) is 4.97. The number of nitrogens with one attached hydrogen (secondary N) is 1. The number of ether oxygens (including phenoxy) is 1. The molecule has 14 heavy (non-hydrogen) atoms. The van der Waals surface area contributed by atoms with Gasteiger partial charge in [-0.05, 0) is 31.0 Å². The van der Waals surface area contributed by atoms with E-state index >= 15 is 0 Å². The van der Waals surface area contributed by atoms with E-state index in [9.17, 15) is 0 Å². The van der Waals surface area contributed by atoms with Crippen LogP contribution in [0.1, 0.15) is 29.7 Å². The molecule has 0 bridgehead atoms. The van der Waals surface area contributed by atoms with Crippen LogP contribution in [0, 0.1) is 0 Å². The van der Waals surface area contributed by atoms with E-state index in [1.807, 2.05) is 0 Å². The maximum atomic E-state index is 5.72. The molecule has 0 spiro atoms. The van der Waals surface area contributed by atoms with Gasteiger partial charge in [0.2, 0.25) is 0 Å². The van der Waals surface area contributed by atoms with Gasteiger partial charge in [0.1, 0.15) is 5.75 Å². The fourth-order valence-electron chi connectivity index (χ4n) is 2.52. The molecule has 0 fully saturated rings. The molecule has 2 aliphatic heterocycles. The molecule has 0 aromatic heterocycles. The van der Waals surface area contributed by atoms with Crippen molar-refractivity contribution in [2.75, 3.05) is 13.2 Å². The number of hydrogen-bond donors (Lipinski definition) is 1. The van der Waals surface area contributed by atoms with Gasteiger partial charge in [-0.15, -0.1) is 0 Å². The van der Waals surface area contributed by atoms with E-state index in [4.69, 9.17) is 4.74 Å². The molecule has 2 aliphatic rings. The highest BCUT2D eigenvalue weighted by Crippen LogP contribution is 2.36. The topological polar surface area (TPSA) is 21.3 Å². The molecule has 0 amide bonds. The lowest BCUT2D eigenvalue weighted by atomic mass is 9.92. The number of hydrogen-bond acceptors (Lipinski definition) is 2. The Bertz CT molecular complexity index is 373. The maximum absolute atomic E-state index is 5.72. The van der Waals surface area contributed by atoms with Crippen LogP contribution in [0.25, 0.3) is 0 Å². The van der Waals surface area contributed by atoms with Crippen LogP contribution >= 0.6 is 0 Å². The van der Waals surface area contributed by atoms with Crippen molar-refractivity contribution in [1.82, 2.24) is 5.32 Å². The lowest BCUT2D eigenvalue weighted by molar-refractivity contribution is 0.350. The second-order valence-corrected chi connectivity index (χ2v) is 4.15. The molecule has 0 saturated heterocycles. The minimum absolute atomic E-state index is 0.480. The van der Waals surface area contributed by atoms with Crippen LogP contribution in [-0.2, 0) is 12.8 Å². The van der Waals surface area contributed by atoms with E-state index in [2.05, 4.69) is 24.4 Å². The Kier molecular flexibility index (Phi) is 1.77. The standard InChI is InChI=1S/C12H15NO/c1-8-10-3-2-9-5-7-14-12(9)11(10)4-6-13-8/h2-3,8,13H,4-7H2,1H3. The molecule has 2 heterocycles. The fraction of sp³-hybridized carbons (Fsp3) is 0.500. The largest absolute Gasteiger partial charge is 0.493 e. The van der Waals surface area contributed by atoms with Gasteiger partial charge in [-0.1, -0.05) is 12.1 Å². The smallest absolute Gasteiger partial charge is 0.126 e. The van der Waals surface area contributed by atoms with Gasteiger partial charge in [0.05, 0.1) is 6.61 Å². The highest BCUT2D eigenvalue weighted by atomic mass is 16.5. The summed E-state index contributed by atoms with van der Waals surface area (Å²) in [6.45, 7) is 4.17. The molecule has 2 heteroatoms. The predicted molar refractivity (Wildman–Crippen MR) is 55.8 cm³/mol. The summed E-state index contributed by atoms with van der Waals surface area (Å²) in [4.78, 5) is 0. The summed E-state index contributed by atoms with van der Waals surface area (Å²) < 4.78 is 5.72. The van der Waals surface area contributed by atoms with Crippen molar-refractivity contribution in [1.29, 1.82) is 0 Å². The van der Waals surface area contributed by atoms with Crippen LogP contribution in [0.15, 0.2) is 12.1 Å². The van der Waals surface area contributed by atoms with Crippen molar-refractivity contribution < 1.29 is 4.74 Å². The van der Waals surface area contributed by atoms with Gasteiger partial charge in [0.15, 0.2) is 0 Å². The van der Waals surface area contributed by atoms with E-state index in [0.717, 1.165) is 26.0 Å². The van der Waals surface area contributed by atoms with Crippen LogP contribution in [0.4, 0.5) is 0 Å². The van der Waals surface area contributed by atoms with Crippen LogP contribution in [0.3, 0.4) is 0 Å². The summed E-state index contributed by atoms with van der Waals surface area (Å²) in [7, 11) is 0. The molecule has 1 N–H and O–H groups in total. The fourth-order valence-corrected chi connectivity index (χ4v) is 2.52. The van der Waals surface area contributed by atoms with Gasteiger partial charge in [0, 0.05) is 18.0 Å². The second-order valence-electron chi connectivity index (χ2n) is 4.15. The van der Waals surface area contributed by atoms with Gasteiger partial charge < -0.3 is 10.1 Å². The van der Waals surface area contributed by atoms with Crippen molar-refractivity contribution in [2.45, 2.75) is 25.8 Å². The minimum atomic E-state index is 0.480. The average Bonchev–Trinajstić information content (AvgIpc) is 2.66. The Hall–Kier alpha value is -1.02. The Labute approximate surface area is 84.3 Å². The molecule has 1 unspecified atom stereocenters. The lowest BCUT2D eigenvalue weighted by Crippen LogP contribution is -2.28. The molecule has 74 valence electrons. The van der Waals surface area contributed by atoms with Gasteiger partial charge in [-0.25, -0.2) is 0 Å². The monoisotopic (exact) mass is 189 g/mol. The molecule has 1 atom stereocenters. The van der Waals surface area contributed by atoms with Gasteiger partial charge in [-0.3, -0.25) is 0 Å². The van der Waals surface area contributed by atoms with Crippen molar-refractivity contribution in [2.24, 2.45) is 0 Å². The molecule has 0 aliphatic carbocycles. The Morgan fingerprint density at radius 2 is 2.29 bits per heavy atom. The summed E-state index contributed by atoms with van der Waals surface area (Å²) in [5, 5.41) is 3.47. The van der Waals surface area contributed by atoms with E-state index in [0.29, 0.717) is 6.04 Å². The Morgan fingerprint density at radius 3 is 3.21 bits per heavy atom. The number of rotatable bonds is 0. The normalized spacial score (nSPS) is 23.9. The van der Waals surface area contributed by atoms with E-state index in [-0.39, 0.29) is 0 Å². The quantitative estimate of drug-likeness (QED) is 0.672. The first-order valence-electron chi connectivity index (χ1n) is 5.37. The molecule has 2 nitrogen and oxygen atoms in total. The van der Waals surface area contributed by atoms with E-state index < -0.39 is 0 Å². The van der Waals surface area contributed by atoms with Crippen molar-refractivity contribution in [3.05, 3.63) is 28.8 Å². The highest BCUT2D eigenvalue weighted by Gasteiger charge is 2.23. The first-order valence-corrected chi connectivity index (χ1v) is 5.37. The average molecular weight is 189 g/mol. The van der Waals surface area contributed by atoms with Crippen LogP contribution in [0.2, 0.25) is 0 Å². The Morgan fingerprint density at radius 1 is 1.36 bits per heavy atom. The number of benzene rings is 1. The maximum Gasteiger partial charge on any atom is 0.126 e. The molecular weight excluding hydrogens is 174 g/mol. The summed E-state index contributed by atoms with van der Waals surface area (Å²) in [5.74, 6) is 1.19. The summed E-state index contributed by atoms with van der Waals surface area (Å²) in [5.41, 5.74) is 4.28. The predicted octanol–water partition coefficient (Wildman–Crippen LogP) is 1.83. The molecule has 0 saturated carbocycles. The Balaban J connectivity index is 2.17. The van der Waals surface area contributed by atoms with E-state index in [1.165, 1.54) is 22.4 Å². The summed E-state index contributed by atoms with van der Waals surface area (Å²) >= 11 is 0. The first-order chi connectivity index (χ1) is 6.86.